The lowest BCUT2D eigenvalue weighted by atomic mass is 10.1. The largest absolute Gasteiger partial charge is 0.493 e. The minimum Gasteiger partial charge on any atom is -0.493 e. The van der Waals surface area contributed by atoms with E-state index in [1.54, 1.807) is 26.6 Å². The zero-order valence-corrected chi connectivity index (χ0v) is 13.5. The minimum absolute atomic E-state index is 0.0577. The molecular formula is C18H22N2O3. The number of aryl methyl sites for hydroxylation is 1. The van der Waals surface area contributed by atoms with Crippen LogP contribution in [0.25, 0.3) is 0 Å². The molecule has 0 aliphatic heterocycles. The molecule has 0 fully saturated rings. The first kappa shape index (κ1) is 16.8. The van der Waals surface area contributed by atoms with E-state index in [0.717, 1.165) is 24.0 Å². The molecular weight excluding hydrogens is 292 g/mol. The first-order chi connectivity index (χ1) is 11.2. The number of rotatable bonds is 8. The predicted octanol–water partition coefficient (Wildman–Crippen LogP) is 2.74. The lowest BCUT2D eigenvalue weighted by Gasteiger charge is -2.09. The van der Waals surface area contributed by atoms with Gasteiger partial charge >= 0.3 is 0 Å². The van der Waals surface area contributed by atoms with Crippen LogP contribution >= 0.6 is 0 Å². The second kappa shape index (κ2) is 8.78. The maximum absolute atomic E-state index is 11.9. The van der Waals surface area contributed by atoms with Gasteiger partial charge in [-0.25, -0.2) is 0 Å². The number of carbonyl (C=O) groups is 1. The summed E-state index contributed by atoms with van der Waals surface area (Å²) in [6, 6.07) is 9.62. The molecule has 0 aliphatic carbocycles. The monoisotopic (exact) mass is 314 g/mol. The van der Waals surface area contributed by atoms with Crippen molar-refractivity contribution in [3.05, 3.63) is 53.9 Å². The first-order valence-corrected chi connectivity index (χ1v) is 7.59. The summed E-state index contributed by atoms with van der Waals surface area (Å²) in [4.78, 5) is 15.8. The summed E-state index contributed by atoms with van der Waals surface area (Å²) in [6.45, 7) is 0.539. The Hall–Kier alpha value is -2.56. The molecule has 2 rings (SSSR count). The van der Waals surface area contributed by atoms with Crippen LogP contribution in [-0.2, 0) is 17.8 Å². The molecule has 0 radical (unpaired) electrons. The highest BCUT2D eigenvalue weighted by Crippen LogP contribution is 2.28. The number of ether oxygens (including phenoxy) is 2. The van der Waals surface area contributed by atoms with Crippen molar-refractivity contribution in [3.63, 3.8) is 0 Å². The molecule has 122 valence electrons. The molecule has 0 bridgehead atoms. The molecule has 1 aromatic heterocycles. The highest BCUT2D eigenvalue weighted by Gasteiger charge is 2.06. The summed E-state index contributed by atoms with van der Waals surface area (Å²) in [6.07, 6.45) is 5.55. The molecule has 23 heavy (non-hydrogen) atoms. The van der Waals surface area contributed by atoms with Gasteiger partial charge in [-0.1, -0.05) is 6.07 Å². The molecule has 0 atom stereocenters. The summed E-state index contributed by atoms with van der Waals surface area (Å²) in [5.41, 5.74) is 2.18. The SMILES string of the molecule is COc1ccc(CCCC(=O)NCc2ccncc2)cc1OC. The Labute approximate surface area is 136 Å². The maximum Gasteiger partial charge on any atom is 0.220 e. The molecule has 0 spiro atoms. The van der Waals surface area contributed by atoms with Gasteiger partial charge in [0.2, 0.25) is 5.91 Å². The lowest BCUT2D eigenvalue weighted by Crippen LogP contribution is -2.22. The fourth-order valence-corrected chi connectivity index (χ4v) is 2.28. The topological polar surface area (TPSA) is 60.5 Å². The third-order valence-corrected chi connectivity index (χ3v) is 3.56. The number of nitrogens with one attached hydrogen (secondary N) is 1. The summed E-state index contributed by atoms with van der Waals surface area (Å²) in [7, 11) is 3.23. The van der Waals surface area contributed by atoms with Crippen molar-refractivity contribution in [1.29, 1.82) is 0 Å². The highest BCUT2D eigenvalue weighted by atomic mass is 16.5. The summed E-state index contributed by atoms with van der Waals surface area (Å²) >= 11 is 0. The van der Waals surface area contributed by atoms with Crippen LogP contribution in [0.3, 0.4) is 0 Å². The highest BCUT2D eigenvalue weighted by molar-refractivity contribution is 5.75. The molecule has 1 heterocycles. The van der Waals surface area contributed by atoms with Gasteiger partial charge in [-0.2, -0.15) is 0 Å². The number of methoxy groups -OCH3 is 2. The van der Waals surface area contributed by atoms with Gasteiger partial charge in [0.15, 0.2) is 11.5 Å². The Kier molecular flexibility index (Phi) is 6.41. The van der Waals surface area contributed by atoms with Crippen molar-refractivity contribution in [2.24, 2.45) is 0 Å². The van der Waals surface area contributed by atoms with E-state index < -0.39 is 0 Å². The van der Waals surface area contributed by atoms with Gasteiger partial charge in [0.1, 0.15) is 0 Å². The normalized spacial score (nSPS) is 10.2. The van der Waals surface area contributed by atoms with Gasteiger partial charge in [0.25, 0.3) is 0 Å². The van der Waals surface area contributed by atoms with Crippen LogP contribution in [0.5, 0.6) is 11.5 Å². The zero-order chi connectivity index (χ0) is 16.5. The van der Waals surface area contributed by atoms with E-state index in [-0.39, 0.29) is 5.91 Å². The molecule has 1 aromatic carbocycles. The van der Waals surface area contributed by atoms with Gasteiger partial charge < -0.3 is 14.8 Å². The molecule has 0 unspecified atom stereocenters. The minimum atomic E-state index is 0.0577. The van der Waals surface area contributed by atoms with Gasteiger partial charge in [-0.05, 0) is 48.2 Å². The van der Waals surface area contributed by atoms with Crippen molar-refractivity contribution in [1.82, 2.24) is 10.3 Å². The Morgan fingerprint density at radius 2 is 1.78 bits per heavy atom. The maximum atomic E-state index is 11.9. The molecule has 1 N–H and O–H groups in total. The Morgan fingerprint density at radius 3 is 2.48 bits per heavy atom. The number of hydrogen-bond donors (Lipinski definition) is 1. The van der Waals surface area contributed by atoms with E-state index >= 15 is 0 Å². The van der Waals surface area contributed by atoms with Gasteiger partial charge in [-0.15, -0.1) is 0 Å². The zero-order valence-electron chi connectivity index (χ0n) is 13.5. The number of hydrogen-bond acceptors (Lipinski definition) is 4. The fraction of sp³-hybridized carbons (Fsp3) is 0.333. The van der Waals surface area contributed by atoms with Crippen LogP contribution in [0.4, 0.5) is 0 Å². The molecule has 0 aliphatic rings. The van der Waals surface area contributed by atoms with Crippen molar-refractivity contribution < 1.29 is 14.3 Å². The van der Waals surface area contributed by atoms with Crippen LogP contribution in [0.1, 0.15) is 24.0 Å². The lowest BCUT2D eigenvalue weighted by molar-refractivity contribution is -0.121. The van der Waals surface area contributed by atoms with Crippen molar-refractivity contribution >= 4 is 5.91 Å². The second-order valence-electron chi connectivity index (χ2n) is 5.18. The summed E-state index contributed by atoms with van der Waals surface area (Å²) in [5.74, 6) is 1.49. The van der Waals surface area contributed by atoms with E-state index in [2.05, 4.69) is 10.3 Å². The molecule has 5 heteroatoms. The molecule has 0 saturated heterocycles. The Balaban J connectivity index is 1.75. The first-order valence-electron chi connectivity index (χ1n) is 7.59. The molecule has 2 aromatic rings. The summed E-state index contributed by atoms with van der Waals surface area (Å²) < 4.78 is 10.5. The van der Waals surface area contributed by atoms with E-state index in [1.807, 2.05) is 30.3 Å². The smallest absolute Gasteiger partial charge is 0.220 e. The van der Waals surface area contributed by atoms with Gasteiger partial charge in [0.05, 0.1) is 14.2 Å². The van der Waals surface area contributed by atoms with Crippen LogP contribution in [-0.4, -0.2) is 25.1 Å². The molecule has 5 nitrogen and oxygen atoms in total. The predicted molar refractivity (Wildman–Crippen MR) is 88.6 cm³/mol. The third-order valence-electron chi connectivity index (χ3n) is 3.56. The standard InChI is InChI=1S/C18H22N2O3/c1-22-16-7-6-14(12-17(16)23-2)4-3-5-18(21)20-13-15-8-10-19-11-9-15/h6-12H,3-5,13H2,1-2H3,(H,20,21). The van der Waals surface area contributed by atoms with Crippen molar-refractivity contribution in [2.75, 3.05) is 14.2 Å². The van der Waals surface area contributed by atoms with Gasteiger partial charge in [-0.3, -0.25) is 9.78 Å². The number of aromatic nitrogens is 1. The van der Waals surface area contributed by atoms with E-state index in [1.165, 1.54) is 0 Å². The molecule has 1 amide bonds. The summed E-state index contributed by atoms with van der Waals surface area (Å²) in [5, 5.41) is 2.91. The second-order valence-corrected chi connectivity index (χ2v) is 5.18. The van der Waals surface area contributed by atoms with Crippen molar-refractivity contribution in [3.8, 4) is 11.5 Å². The third kappa shape index (κ3) is 5.29. The van der Waals surface area contributed by atoms with Crippen LogP contribution in [0.15, 0.2) is 42.7 Å². The van der Waals surface area contributed by atoms with Crippen LogP contribution in [0, 0.1) is 0 Å². The number of benzene rings is 1. The number of nitrogens with zero attached hydrogens (tertiary/aromatic N) is 1. The van der Waals surface area contributed by atoms with E-state index in [0.29, 0.717) is 24.5 Å². The van der Waals surface area contributed by atoms with Gasteiger partial charge in [0, 0.05) is 25.4 Å². The Morgan fingerprint density at radius 1 is 1.04 bits per heavy atom. The average molecular weight is 314 g/mol. The van der Waals surface area contributed by atoms with Crippen LogP contribution in [0.2, 0.25) is 0 Å². The quantitative estimate of drug-likeness (QED) is 0.814. The average Bonchev–Trinajstić information content (AvgIpc) is 2.60. The number of carbonyl (C=O) groups excluding carboxylic acids is 1. The number of amides is 1. The number of pyridine rings is 1. The van der Waals surface area contributed by atoms with Crippen molar-refractivity contribution in [2.45, 2.75) is 25.8 Å². The van der Waals surface area contributed by atoms with Crippen LogP contribution < -0.4 is 14.8 Å². The van der Waals surface area contributed by atoms with E-state index in [9.17, 15) is 4.79 Å². The van der Waals surface area contributed by atoms with E-state index in [4.69, 9.17) is 9.47 Å². The molecule has 0 saturated carbocycles. The fourth-order valence-electron chi connectivity index (χ4n) is 2.28. The Bertz CT molecular complexity index is 629.